The lowest BCUT2D eigenvalue weighted by Gasteiger charge is -2.13. The number of nitrogens with two attached hydrogens (primary N) is 1. The van der Waals surface area contributed by atoms with Gasteiger partial charge < -0.3 is 15.2 Å². The summed E-state index contributed by atoms with van der Waals surface area (Å²) in [5.74, 6) is 1.63. The number of ether oxygens (including phenoxy) is 2. The van der Waals surface area contributed by atoms with Crippen LogP contribution in [0.1, 0.15) is 11.1 Å². The quantitative estimate of drug-likeness (QED) is 0.916. The van der Waals surface area contributed by atoms with Crippen LogP contribution >= 0.6 is 15.9 Å². The van der Waals surface area contributed by atoms with Gasteiger partial charge in [0.25, 0.3) is 0 Å². The number of halogens is 1. The van der Waals surface area contributed by atoms with E-state index in [0.717, 1.165) is 27.1 Å². The molecule has 0 aliphatic rings. The summed E-state index contributed by atoms with van der Waals surface area (Å²) in [5, 5.41) is 0. The van der Waals surface area contributed by atoms with Crippen LogP contribution in [0, 0.1) is 0 Å². The van der Waals surface area contributed by atoms with E-state index in [1.54, 1.807) is 7.11 Å². The van der Waals surface area contributed by atoms with Gasteiger partial charge in [0, 0.05) is 22.1 Å². The molecule has 0 bridgehead atoms. The van der Waals surface area contributed by atoms with E-state index in [1.807, 2.05) is 42.5 Å². The molecule has 2 rings (SSSR count). The molecule has 0 heterocycles. The standard InChI is InChI=1S/C15H16BrNO2/c1-18-14-7-6-13(16)8-12(14)10-19-15-5-3-2-4-11(15)9-17/h2-8H,9-10,17H2,1H3. The van der Waals surface area contributed by atoms with Gasteiger partial charge in [-0.15, -0.1) is 0 Å². The van der Waals surface area contributed by atoms with E-state index in [9.17, 15) is 0 Å². The summed E-state index contributed by atoms with van der Waals surface area (Å²) >= 11 is 3.45. The second-order valence-electron chi connectivity index (χ2n) is 4.06. The molecule has 0 aliphatic carbocycles. The van der Waals surface area contributed by atoms with Gasteiger partial charge in [-0.1, -0.05) is 34.1 Å². The topological polar surface area (TPSA) is 44.5 Å². The average Bonchev–Trinajstić information content (AvgIpc) is 2.45. The smallest absolute Gasteiger partial charge is 0.125 e. The molecule has 19 heavy (non-hydrogen) atoms. The third-order valence-corrected chi connectivity index (χ3v) is 3.31. The summed E-state index contributed by atoms with van der Waals surface area (Å²) in [6.07, 6.45) is 0. The zero-order valence-electron chi connectivity index (χ0n) is 10.7. The largest absolute Gasteiger partial charge is 0.496 e. The summed E-state index contributed by atoms with van der Waals surface area (Å²) in [6, 6.07) is 13.6. The van der Waals surface area contributed by atoms with Gasteiger partial charge in [-0.25, -0.2) is 0 Å². The molecule has 0 radical (unpaired) electrons. The lowest BCUT2D eigenvalue weighted by atomic mass is 10.2. The van der Waals surface area contributed by atoms with Gasteiger partial charge in [0.2, 0.25) is 0 Å². The summed E-state index contributed by atoms with van der Waals surface area (Å²) < 4.78 is 12.1. The van der Waals surface area contributed by atoms with Crippen molar-refractivity contribution >= 4 is 15.9 Å². The highest BCUT2D eigenvalue weighted by Crippen LogP contribution is 2.25. The Bertz CT molecular complexity index is 558. The van der Waals surface area contributed by atoms with Gasteiger partial charge >= 0.3 is 0 Å². The normalized spacial score (nSPS) is 10.3. The maximum absolute atomic E-state index is 5.83. The van der Waals surface area contributed by atoms with Crippen molar-refractivity contribution in [2.75, 3.05) is 7.11 Å². The molecule has 2 N–H and O–H groups in total. The molecule has 0 amide bonds. The van der Waals surface area contributed by atoms with Crippen LogP contribution in [0.5, 0.6) is 11.5 Å². The number of hydrogen-bond acceptors (Lipinski definition) is 3. The Morgan fingerprint density at radius 1 is 1.05 bits per heavy atom. The van der Waals surface area contributed by atoms with E-state index in [-0.39, 0.29) is 0 Å². The van der Waals surface area contributed by atoms with Gasteiger partial charge in [-0.3, -0.25) is 0 Å². The van der Waals surface area contributed by atoms with Crippen molar-refractivity contribution in [1.82, 2.24) is 0 Å². The van der Waals surface area contributed by atoms with Gasteiger partial charge in [0.1, 0.15) is 18.1 Å². The van der Waals surface area contributed by atoms with Crippen molar-refractivity contribution in [1.29, 1.82) is 0 Å². The lowest BCUT2D eigenvalue weighted by Crippen LogP contribution is -2.03. The molecule has 0 saturated heterocycles. The van der Waals surface area contributed by atoms with Crippen LogP contribution in [0.2, 0.25) is 0 Å². The highest BCUT2D eigenvalue weighted by molar-refractivity contribution is 9.10. The zero-order chi connectivity index (χ0) is 13.7. The minimum Gasteiger partial charge on any atom is -0.496 e. The molecule has 4 heteroatoms. The summed E-state index contributed by atoms with van der Waals surface area (Å²) in [7, 11) is 1.65. The van der Waals surface area contributed by atoms with Gasteiger partial charge in [-0.2, -0.15) is 0 Å². The van der Waals surface area contributed by atoms with Crippen molar-refractivity contribution in [3.63, 3.8) is 0 Å². The first-order chi connectivity index (χ1) is 9.24. The Morgan fingerprint density at radius 2 is 1.84 bits per heavy atom. The van der Waals surface area contributed by atoms with E-state index in [2.05, 4.69) is 15.9 Å². The minimum atomic E-state index is 0.444. The Balaban J connectivity index is 2.16. The monoisotopic (exact) mass is 321 g/mol. The Morgan fingerprint density at radius 3 is 2.58 bits per heavy atom. The van der Waals surface area contributed by atoms with Crippen LogP contribution < -0.4 is 15.2 Å². The SMILES string of the molecule is COc1ccc(Br)cc1COc1ccccc1CN. The number of para-hydroxylation sites is 1. The maximum Gasteiger partial charge on any atom is 0.125 e. The summed E-state index contributed by atoms with van der Waals surface area (Å²) in [4.78, 5) is 0. The molecule has 0 aliphatic heterocycles. The fraction of sp³-hybridized carbons (Fsp3) is 0.200. The third kappa shape index (κ3) is 3.49. The Hall–Kier alpha value is -1.52. The van der Waals surface area contributed by atoms with Crippen molar-refractivity contribution in [3.05, 3.63) is 58.1 Å². The Kier molecular flexibility index (Phi) is 4.82. The molecule has 0 unspecified atom stereocenters. The number of hydrogen-bond donors (Lipinski definition) is 1. The molecule has 0 atom stereocenters. The van der Waals surface area contributed by atoms with Crippen molar-refractivity contribution in [3.8, 4) is 11.5 Å². The first-order valence-corrected chi connectivity index (χ1v) is 6.77. The molecule has 2 aromatic carbocycles. The van der Waals surface area contributed by atoms with Crippen molar-refractivity contribution < 1.29 is 9.47 Å². The molecule has 0 saturated carbocycles. The molecule has 0 fully saturated rings. The van der Waals surface area contributed by atoms with Crippen molar-refractivity contribution in [2.45, 2.75) is 13.2 Å². The molecular weight excluding hydrogens is 306 g/mol. The highest BCUT2D eigenvalue weighted by atomic mass is 79.9. The first kappa shape index (κ1) is 13.9. The zero-order valence-corrected chi connectivity index (χ0v) is 12.3. The van der Waals surface area contributed by atoms with Crippen LogP contribution in [-0.2, 0) is 13.2 Å². The summed E-state index contributed by atoms with van der Waals surface area (Å²) in [6.45, 7) is 0.908. The second-order valence-corrected chi connectivity index (χ2v) is 4.97. The van der Waals surface area contributed by atoms with E-state index < -0.39 is 0 Å². The fourth-order valence-corrected chi connectivity index (χ4v) is 2.24. The third-order valence-electron chi connectivity index (χ3n) is 2.82. The number of benzene rings is 2. The number of methoxy groups -OCH3 is 1. The minimum absolute atomic E-state index is 0.444. The van der Waals surface area contributed by atoms with Crippen LogP contribution in [0.4, 0.5) is 0 Å². The fourth-order valence-electron chi connectivity index (χ4n) is 1.83. The Labute approximate surface area is 121 Å². The maximum atomic E-state index is 5.83. The predicted octanol–water partition coefficient (Wildman–Crippen LogP) is 3.50. The molecule has 0 spiro atoms. The van der Waals surface area contributed by atoms with E-state index in [0.29, 0.717) is 13.2 Å². The van der Waals surface area contributed by atoms with Crippen LogP contribution in [0.3, 0.4) is 0 Å². The van der Waals surface area contributed by atoms with Crippen LogP contribution in [-0.4, -0.2) is 7.11 Å². The molecule has 100 valence electrons. The van der Waals surface area contributed by atoms with Gasteiger partial charge in [-0.05, 0) is 24.3 Å². The molecular formula is C15H16BrNO2. The van der Waals surface area contributed by atoms with Gasteiger partial charge in [0.05, 0.1) is 7.11 Å². The van der Waals surface area contributed by atoms with E-state index >= 15 is 0 Å². The second kappa shape index (κ2) is 6.59. The van der Waals surface area contributed by atoms with Crippen molar-refractivity contribution in [2.24, 2.45) is 5.73 Å². The number of rotatable bonds is 5. The van der Waals surface area contributed by atoms with Crippen LogP contribution in [0.25, 0.3) is 0 Å². The first-order valence-electron chi connectivity index (χ1n) is 5.97. The molecule has 3 nitrogen and oxygen atoms in total. The predicted molar refractivity (Wildman–Crippen MR) is 79.4 cm³/mol. The highest BCUT2D eigenvalue weighted by Gasteiger charge is 2.06. The lowest BCUT2D eigenvalue weighted by molar-refractivity contribution is 0.294. The van der Waals surface area contributed by atoms with E-state index in [1.165, 1.54) is 0 Å². The average molecular weight is 322 g/mol. The van der Waals surface area contributed by atoms with E-state index in [4.69, 9.17) is 15.2 Å². The molecule has 0 aromatic heterocycles. The van der Waals surface area contributed by atoms with Crippen LogP contribution in [0.15, 0.2) is 46.9 Å². The van der Waals surface area contributed by atoms with Gasteiger partial charge in [0.15, 0.2) is 0 Å². The summed E-state index contributed by atoms with van der Waals surface area (Å²) in [5.41, 5.74) is 7.67. The molecule has 2 aromatic rings.